The number of halogens is 1. The first-order valence-corrected chi connectivity index (χ1v) is 7.20. The molecule has 2 aromatic rings. The molecule has 0 radical (unpaired) electrons. The highest BCUT2D eigenvalue weighted by Crippen LogP contribution is 2.28. The van der Waals surface area contributed by atoms with Gasteiger partial charge in [0.15, 0.2) is 0 Å². The van der Waals surface area contributed by atoms with Gasteiger partial charge in [-0.15, -0.1) is 11.3 Å². The lowest BCUT2D eigenvalue weighted by Crippen LogP contribution is -2.12. The Morgan fingerprint density at radius 2 is 2.20 bits per heavy atom. The Morgan fingerprint density at radius 3 is 2.75 bits per heavy atom. The molecule has 20 heavy (non-hydrogen) atoms. The van der Waals surface area contributed by atoms with E-state index in [1.165, 1.54) is 29.5 Å². The van der Waals surface area contributed by atoms with Crippen molar-refractivity contribution in [2.45, 2.75) is 6.54 Å². The van der Waals surface area contributed by atoms with Crippen LogP contribution < -0.4 is 11.1 Å². The monoisotopic (exact) mass is 355 g/mol. The second-order valence-corrected chi connectivity index (χ2v) is 5.75. The molecule has 0 saturated carbocycles. The number of primary amides is 1. The fourth-order valence-corrected chi connectivity index (χ4v) is 3.05. The highest BCUT2D eigenvalue weighted by Gasteiger charge is 2.16. The fraction of sp³-hybridized carbons (Fsp3) is 0.0833. The maximum atomic E-state index is 11.1. The summed E-state index contributed by atoms with van der Waals surface area (Å²) in [5, 5.41) is 15.9. The highest BCUT2D eigenvalue weighted by atomic mass is 79.9. The molecule has 0 saturated heterocycles. The molecule has 6 nitrogen and oxygen atoms in total. The highest BCUT2D eigenvalue weighted by molar-refractivity contribution is 9.10. The standard InChI is InChI=1S/C12H10BrN3O3S/c13-8-3-4-20-11(8)6-15-9-5-7(12(14)17)1-2-10(9)16(18)19/h1-5,15H,6H2,(H2,14,17). The van der Waals surface area contributed by atoms with E-state index in [1.807, 2.05) is 11.4 Å². The molecule has 0 unspecified atom stereocenters. The largest absolute Gasteiger partial charge is 0.375 e. The quantitative estimate of drug-likeness (QED) is 0.635. The van der Waals surface area contributed by atoms with Crippen molar-refractivity contribution < 1.29 is 9.72 Å². The van der Waals surface area contributed by atoms with Gasteiger partial charge < -0.3 is 11.1 Å². The van der Waals surface area contributed by atoms with E-state index in [4.69, 9.17) is 5.73 Å². The van der Waals surface area contributed by atoms with E-state index in [1.54, 1.807) is 0 Å². The molecule has 0 fully saturated rings. The molecule has 0 spiro atoms. The van der Waals surface area contributed by atoms with Gasteiger partial charge in [-0.2, -0.15) is 0 Å². The normalized spacial score (nSPS) is 10.2. The lowest BCUT2D eigenvalue weighted by molar-refractivity contribution is -0.384. The van der Waals surface area contributed by atoms with Crippen molar-refractivity contribution in [2.75, 3.05) is 5.32 Å². The second kappa shape index (κ2) is 6.02. The topological polar surface area (TPSA) is 98.3 Å². The van der Waals surface area contributed by atoms with Crippen LogP contribution in [-0.2, 0) is 6.54 Å². The SMILES string of the molecule is NC(=O)c1ccc([N+](=O)[O-])c(NCc2sccc2Br)c1. The maximum Gasteiger partial charge on any atom is 0.292 e. The van der Waals surface area contributed by atoms with Crippen LogP contribution in [0.1, 0.15) is 15.2 Å². The number of nitrogens with one attached hydrogen (secondary N) is 1. The van der Waals surface area contributed by atoms with E-state index in [2.05, 4.69) is 21.2 Å². The lowest BCUT2D eigenvalue weighted by atomic mass is 10.1. The minimum absolute atomic E-state index is 0.0947. The van der Waals surface area contributed by atoms with Crippen LogP contribution in [0.15, 0.2) is 34.1 Å². The van der Waals surface area contributed by atoms with Crippen LogP contribution in [0.4, 0.5) is 11.4 Å². The number of amides is 1. The number of nitrogens with zero attached hydrogens (tertiary/aromatic N) is 1. The van der Waals surface area contributed by atoms with E-state index in [0.717, 1.165) is 9.35 Å². The predicted octanol–water partition coefficient (Wildman–Crippen LogP) is 3.13. The van der Waals surface area contributed by atoms with E-state index < -0.39 is 10.8 Å². The summed E-state index contributed by atoms with van der Waals surface area (Å²) in [6.45, 7) is 0.418. The molecule has 0 aliphatic rings. The zero-order valence-electron chi connectivity index (χ0n) is 10.1. The number of thiophene rings is 1. The van der Waals surface area contributed by atoms with Gasteiger partial charge in [-0.05, 0) is 39.5 Å². The molecule has 0 aliphatic carbocycles. The zero-order valence-corrected chi connectivity index (χ0v) is 12.5. The molecular formula is C12H10BrN3O3S. The summed E-state index contributed by atoms with van der Waals surface area (Å²) in [5.74, 6) is -0.625. The molecule has 3 N–H and O–H groups in total. The number of hydrogen-bond acceptors (Lipinski definition) is 5. The number of nitrogens with two attached hydrogens (primary N) is 1. The number of anilines is 1. The molecule has 8 heteroatoms. The molecule has 0 atom stereocenters. The Morgan fingerprint density at radius 1 is 1.45 bits per heavy atom. The molecule has 2 rings (SSSR count). The Kier molecular flexibility index (Phi) is 4.35. The number of carbonyl (C=O) groups is 1. The zero-order chi connectivity index (χ0) is 14.7. The summed E-state index contributed by atoms with van der Waals surface area (Å²) >= 11 is 4.91. The Bertz CT molecular complexity index is 672. The number of nitro benzene ring substituents is 1. The first-order valence-electron chi connectivity index (χ1n) is 5.53. The number of rotatable bonds is 5. The van der Waals surface area contributed by atoms with Crippen molar-refractivity contribution in [1.29, 1.82) is 0 Å². The molecule has 1 heterocycles. The Balaban J connectivity index is 2.28. The summed E-state index contributed by atoms with van der Waals surface area (Å²) in [4.78, 5) is 22.6. The van der Waals surface area contributed by atoms with Crippen LogP contribution in [0.2, 0.25) is 0 Å². The molecule has 0 aliphatic heterocycles. The Labute approximate surface area is 126 Å². The van der Waals surface area contributed by atoms with Crippen molar-refractivity contribution in [3.05, 3.63) is 54.7 Å². The van der Waals surface area contributed by atoms with E-state index in [0.29, 0.717) is 6.54 Å². The fourth-order valence-electron chi connectivity index (χ4n) is 1.62. The van der Waals surface area contributed by atoms with Crippen LogP contribution in [0.5, 0.6) is 0 Å². The van der Waals surface area contributed by atoms with Gasteiger partial charge in [0.2, 0.25) is 5.91 Å². The summed E-state index contributed by atoms with van der Waals surface area (Å²) in [5.41, 5.74) is 5.58. The minimum atomic E-state index is -0.625. The molecular weight excluding hydrogens is 346 g/mol. The van der Waals surface area contributed by atoms with E-state index in [-0.39, 0.29) is 16.9 Å². The van der Waals surface area contributed by atoms with E-state index >= 15 is 0 Å². The molecule has 1 amide bonds. The number of carbonyl (C=O) groups excluding carboxylic acids is 1. The van der Waals surface area contributed by atoms with Gasteiger partial charge in [-0.25, -0.2) is 0 Å². The van der Waals surface area contributed by atoms with Crippen LogP contribution >= 0.6 is 27.3 Å². The molecule has 104 valence electrons. The average Bonchev–Trinajstić information content (AvgIpc) is 2.81. The van der Waals surface area contributed by atoms with Crippen LogP contribution in [-0.4, -0.2) is 10.8 Å². The third-order valence-corrected chi connectivity index (χ3v) is 4.53. The van der Waals surface area contributed by atoms with Crippen LogP contribution in [0.25, 0.3) is 0 Å². The van der Waals surface area contributed by atoms with Crippen molar-refractivity contribution in [2.24, 2.45) is 5.73 Å². The van der Waals surface area contributed by atoms with Gasteiger partial charge in [-0.1, -0.05) is 0 Å². The van der Waals surface area contributed by atoms with Crippen LogP contribution in [0, 0.1) is 10.1 Å². The third kappa shape index (κ3) is 3.14. The van der Waals surface area contributed by atoms with E-state index in [9.17, 15) is 14.9 Å². The van der Waals surface area contributed by atoms with Gasteiger partial charge in [0.05, 0.1) is 11.5 Å². The molecule has 1 aromatic heterocycles. The van der Waals surface area contributed by atoms with Crippen molar-refractivity contribution in [3.63, 3.8) is 0 Å². The summed E-state index contributed by atoms with van der Waals surface area (Å²) < 4.78 is 0.934. The number of hydrogen-bond donors (Lipinski definition) is 2. The smallest absolute Gasteiger partial charge is 0.292 e. The van der Waals surface area contributed by atoms with Crippen LogP contribution in [0.3, 0.4) is 0 Å². The predicted molar refractivity (Wildman–Crippen MR) is 81.0 cm³/mol. The first-order chi connectivity index (χ1) is 9.49. The third-order valence-electron chi connectivity index (χ3n) is 2.61. The van der Waals surface area contributed by atoms with Gasteiger partial charge in [0.1, 0.15) is 5.69 Å². The lowest BCUT2D eigenvalue weighted by Gasteiger charge is -2.07. The Hall–Kier alpha value is -1.93. The number of nitro groups is 1. The summed E-state index contributed by atoms with van der Waals surface area (Å²) in [7, 11) is 0. The summed E-state index contributed by atoms with van der Waals surface area (Å²) in [6, 6.07) is 5.90. The van der Waals surface area contributed by atoms with Gasteiger partial charge in [0.25, 0.3) is 5.69 Å². The van der Waals surface area contributed by atoms with Gasteiger partial charge >= 0.3 is 0 Å². The van der Waals surface area contributed by atoms with Crippen molar-refractivity contribution >= 4 is 44.5 Å². The first kappa shape index (κ1) is 14.5. The maximum absolute atomic E-state index is 11.1. The second-order valence-electron chi connectivity index (χ2n) is 3.90. The molecule has 1 aromatic carbocycles. The van der Waals surface area contributed by atoms with Crippen molar-refractivity contribution in [1.82, 2.24) is 0 Å². The van der Waals surface area contributed by atoms with Crippen molar-refractivity contribution in [3.8, 4) is 0 Å². The van der Waals surface area contributed by atoms with Gasteiger partial charge in [-0.3, -0.25) is 14.9 Å². The molecule has 0 bridgehead atoms. The number of benzene rings is 1. The van der Waals surface area contributed by atoms with Gasteiger partial charge in [0, 0.05) is 21.0 Å². The average molecular weight is 356 g/mol. The summed E-state index contributed by atoms with van der Waals surface area (Å²) in [6.07, 6.45) is 0. The minimum Gasteiger partial charge on any atom is -0.375 e.